The summed E-state index contributed by atoms with van der Waals surface area (Å²) in [5.74, 6) is -2.76. The van der Waals surface area contributed by atoms with Crippen molar-refractivity contribution in [2.75, 3.05) is 0 Å². The van der Waals surface area contributed by atoms with Gasteiger partial charge in [0.2, 0.25) is 0 Å². The van der Waals surface area contributed by atoms with Crippen molar-refractivity contribution >= 4 is 14.2 Å². The van der Waals surface area contributed by atoms with Crippen molar-refractivity contribution in [1.82, 2.24) is 0 Å². The first-order chi connectivity index (χ1) is 4.68. The van der Waals surface area contributed by atoms with Crippen molar-refractivity contribution in [1.29, 1.82) is 0 Å². The van der Waals surface area contributed by atoms with E-state index in [0.717, 1.165) is 0 Å². The van der Waals surface area contributed by atoms with E-state index in [2.05, 4.69) is 0 Å². The molecule has 0 saturated heterocycles. The summed E-state index contributed by atoms with van der Waals surface area (Å²) in [6, 6.07) is 0. The smallest absolute Gasteiger partial charge is 0.475 e. The molecule has 0 aliphatic carbocycles. The van der Waals surface area contributed by atoms with Crippen molar-refractivity contribution in [3.63, 3.8) is 0 Å². The van der Waals surface area contributed by atoms with Crippen molar-refractivity contribution in [3.05, 3.63) is 0 Å². The molecule has 68 valence electrons. The zero-order valence-corrected chi connectivity index (χ0v) is 5.79. The standard InChI is InChI=1S/C2HF3O2.H3O3P/c3-2(4,5)1(6)7;1-4(2)3/h(H,6,7);4H,(H2,1,2,3). The van der Waals surface area contributed by atoms with Gasteiger partial charge in [0.05, 0.1) is 0 Å². The van der Waals surface area contributed by atoms with E-state index in [4.69, 9.17) is 24.3 Å². The Morgan fingerprint density at radius 3 is 1.36 bits per heavy atom. The topological polar surface area (TPSA) is 94.8 Å². The number of carbonyl (C=O) groups is 1. The summed E-state index contributed by atoms with van der Waals surface area (Å²) in [4.78, 5) is 23.2. The molecule has 0 aliphatic heterocycles. The minimum atomic E-state index is -5.08. The highest BCUT2D eigenvalue weighted by Gasteiger charge is 2.38. The minimum Gasteiger partial charge on any atom is -0.475 e. The summed E-state index contributed by atoms with van der Waals surface area (Å²) in [7, 11) is -3.13. The van der Waals surface area contributed by atoms with Crippen LogP contribution in [0.15, 0.2) is 0 Å². The summed E-state index contributed by atoms with van der Waals surface area (Å²) in [6.07, 6.45) is -5.08. The predicted octanol–water partition coefficient (Wildman–Crippen LogP) is -0.00600. The Kier molecular flexibility index (Phi) is 6.06. The largest absolute Gasteiger partial charge is 0.490 e. The van der Waals surface area contributed by atoms with Gasteiger partial charge in [-0.2, -0.15) is 13.2 Å². The molecule has 0 unspecified atom stereocenters. The molecule has 0 aliphatic rings. The molecule has 5 nitrogen and oxygen atoms in total. The Hall–Kier alpha value is -0.590. The van der Waals surface area contributed by atoms with Crippen LogP contribution in [0.4, 0.5) is 13.2 Å². The normalized spacial score (nSPS) is 10.4. The highest BCUT2D eigenvalue weighted by molar-refractivity contribution is 7.30. The van der Waals surface area contributed by atoms with Crippen LogP contribution in [0, 0.1) is 0 Å². The zero-order chi connectivity index (χ0) is 9.65. The SMILES string of the molecule is O=C(O)C(F)(F)F.O=[PH](O)O. The summed E-state index contributed by atoms with van der Waals surface area (Å²) in [6.45, 7) is 0. The molecule has 0 spiro atoms. The van der Waals surface area contributed by atoms with Gasteiger partial charge < -0.3 is 14.9 Å². The van der Waals surface area contributed by atoms with Crippen LogP contribution in [0.25, 0.3) is 0 Å². The Morgan fingerprint density at radius 1 is 1.27 bits per heavy atom. The van der Waals surface area contributed by atoms with Gasteiger partial charge in [-0.25, -0.2) is 4.79 Å². The first-order valence-corrected chi connectivity index (χ1v) is 3.20. The van der Waals surface area contributed by atoms with Crippen LogP contribution >= 0.6 is 8.25 Å². The fourth-order valence-electron chi connectivity index (χ4n) is 0. The number of hydrogen-bond acceptors (Lipinski definition) is 2. The molecule has 0 bridgehead atoms. The second-order valence-electron chi connectivity index (χ2n) is 1.09. The summed E-state index contributed by atoms with van der Waals surface area (Å²) in [5.41, 5.74) is 0. The van der Waals surface area contributed by atoms with E-state index < -0.39 is 20.4 Å². The van der Waals surface area contributed by atoms with E-state index in [-0.39, 0.29) is 0 Å². The van der Waals surface area contributed by atoms with Crippen molar-refractivity contribution < 1.29 is 37.4 Å². The lowest BCUT2D eigenvalue weighted by atomic mass is 10.7. The predicted molar refractivity (Wildman–Crippen MR) is 27.1 cm³/mol. The molecule has 3 N–H and O–H groups in total. The Labute approximate surface area is 59.0 Å². The minimum absolute atomic E-state index is 2.76. The van der Waals surface area contributed by atoms with Crippen LogP contribution in [0.5, 0.6) is 0 Å². The van der Waals surface area contributed by atoms with Gasteiger partial charge in [-0.1, -0.05) is 0 Å². The second kappa shape index (κ2) is 5.11. The number of alkyl halides is 3. The highest BCUT2D eigenvalue weighted by atomic mass is 31.1. The Balaban J connectivity index is 0. The van der Waals surface area contributed by atoms with Crippen LogP contribution in [0.1, 0.15) is 0 Å². The van der Waals surface area contributed by atoms with Gasteiger partial charge in [0, 0.05) is 0 Å². The van der Waals surface area contributed by atoms with E-state index in [0.29, 0.717) is 0 Å². The fourth-order valence-corrected chi connectivity index (χ4v) is 0. The molecule has 0 heterocycles. The number of hydrogen-bond donors (Lipinski definition) is 3. The van der Waals surface area contributed by atoms with E-state index in [1.165, 1.54) is 0 Å². The highest BCUT2D eigenvalue weighted by Crippen LogP contribution is 2.13. The molecule has 0 radical (unpaired) electrons. The van der Waals surface area contributed by atoms with Gasteiger partial charge in [0.15, 0.2) is 0 Å². The molecule has 0 aromatic rings. The van der Waals surface area contributed by atoms with Crippen LogP contribution in [-0.4, -0.2) is 27.0 Å². The monoisotopic (exact) mass is 196 g/mol. The maximum absolute atomic E-state index is 10.6. The van der Waals surface area contributed by atoms with Crippen LogP contribution in [0.3, 0.4) is 0 Å². The molecule has 0 atom stereocenters. The number of halogens is 3. The van der Waals surface area contributed by atoms with Gasteiger partial charge in [0.25, 0.3) is 0 Å². The van der Waals surface area contributed by atoms with E-state index in [9.17, 15) is 13.2 Å². The van der Waals surface area contributed by atoms with E-state index >= 15 is 0 Å². The van der Waals surface area contributed by atoms with E-state index in [1.54, 1.807) is 0 Å². The van der Waals surface area contributed by atoms with E-state index in [1.807, 2.05) is 0 Å². The third-order valence-corrected chi connectivity index (χ3v) is 0.243. The lowest BCUT2D eigenvalue weighted by Gasteiger charge is -1.93. The van der Waals surface area contributed by atoms with Crippen LogP contribution < -0.4 is 0 Å². The first kappa shape index (κ1) is 13.0. The maximum atomic E-state index is 10.6. The van der Waals surface area contributed by atoms with Gasteiger partial charge in [-0.05, 0) is 0 Å². The van der Waals surface area contributed by atoms with Gasteiger partial charge in [-0.15, -0.1) is 0 Å². The average molecular weight is 196 g/mol. The summed E-state index contributed by atoms with van der Waals surface area (Å²) < 4.78 is 40.5. The Morgan fingerprint density at radius 2 is 1.36 bits per heavy atom. The molecule has 11 heavy (non-hydrogen) atoms. The lowest BCUT2D eigenvalue weighted by Crippen LogP contribution is -2.21. The molecular weight excluding hydrogens is 192 g/mol. The molecule has 0 aromatic carbocycles. The molecule has 0 fully saturated rings. The number of carboxylic acids is 1. The molecule has 0 rings (SSSR count). The zero-order valence-electron chi connectivity index (χ0n) is 4.79. The number of aliphatic carboxylic acids is 1. The van der Waals surface area contributed by atoms with Crippen molar-refractivity contribution in [2.24, 2.45) is 0 Å². The lowest BCUT2D eigenvalue weighted by molar-refractivity contribution is -0.192. The quantitative estimate of drug-likeness (QED) is 0.473. The van der Waals surface area contributed by atoms with Gasteiger partial charge >= 0.3 is 20.4 Å². The number of carboxylic acid groups (broad SMARTS) is 1. The van der Waals surface area contributed by atoms with Gasteiger partial charge in [-0.3, -0.25) is 4.57 Å². The molecule has 0 saturated carbocycles. The third-order valence-electron chi connectivity index (χ3n) is 0.243. The third kappa shape index (κ3) is 17.7. The molecule has 9 heteroatoms. The van der Waals surface area contributed by atoms with Crippen LogP contribution in [0.2, 0.25) is 0 Å². The Bertz CT molecular complexity index is 148. The van der Waals surface area contributed by atoms with Crippen molar-refractivity contribution in [3.8, 4) is 0 Å². The second-order valence-corrected chi connectivity index (χ2v) is 1.65. The maximum Gasteiger partial charge on any atom is 0.490 e. The van der Waals surface area contributed by atoms with Crippen molar-refractivity contribution in [2.45, 2.75) is 6.18 Å². The van der Waals surface area contributed by atoms with Crippen LogP contribution in [-0.2, 0) is 9.36 Å². The number of rotatable bonds is 0. The fraction of sp³-hybridized carbons (Fsp3) is 0.500. The first-order valence-electron chi connectivity index (χ1n) is 1.90. The molecule has 0 aromatic heterocycles. The summed E-state index contributed by atoms with van der Waals surface area (Å²) in [5, 5.41) is 7.12. The average Bonchev–Trinajstić information content (AvgIpc) is 1.59. The molecule has 0 amide bonds. The summed E-state index contributed by atoms with van der Waals surface area (Å²) >= 11 is 0. The van der Waals surface area contributed by atoms with Gasteiger partial charge in [0.1, 0.15) is 0 Å². The molecular formula is C2H4F3O5P.